The molecule has 1 aliphatic heterocycles. The quantitative estimate of drug-likeness (QED) is 0.229. The minimum Gasteiger partial charge on any atom is -0.469 e. The predicted octanol–water partition coefficient (Wildman–Crippen LogP) is 6.72. The van der Waals surface area contributed by atoms with E-state index in [4.69, 9.17) is 9.47 Å². The van der Waals surface area contributed by atoms with Crippen LogP contribution in [0.3, 0.4) is 0 Å². The van der Waals surface area contributed by atoms with E-state index < -0.39 is 0 Å². The first-order valence-corrected chi connectivity index (χ1v) is 13.3. The van der Waals surface area contributed by atoms with Gasteiger partial charge in [-0.15, -0.1) is 0 Å². The van der Waals surface area contributed by atoms with Gasteiger partial charge in [0.15, 0.2) is 0 Å². The van der Waals surface area contributed by atoms with Gasteiger partial charge in [0.05, 0.1) is 13.2 Å². The fraction of sp³-hybridized carbons (Fsp3) is 0.567. The maximum absolute atomic E-state index is 11.2. The van der Waals surface area contributed by atoms with Crippen LogP contribution in [0.15, 0.2) is 54.6 Å². The van der Waals surface area contributed by atoms with Gasteiger partial charge < -0.3 is 14.4 Å². The third-order valence-electron chi connectivity index (χ3n) is 6.87. The summed E-state index contributed by atoms with van der Waals surface area (Å²) in [5.41, 5.74) is 3.89. The number of esters is 1. The molecular formula is C30H43NO3. The number of nitrogens with zero attached hydrogens (tertiary/aromatic N) is 1. The molecule has 1 atom stereocenters. The number of methoxy groups -OCH3 is 1. The lowest BCUT2D eigenvalue weighted by atomic mass is 9.98. The van der Waals surface area contributed by atoms with E-state index in [0.717, 1.165) is 45.2 Å². The second kappa shape index (κ2) is 15.0. The average Bonchev–Trinajstić information content (AvgIpc) is 2.88. The van der Waals surface area contributed by atoms with Crippen LogP contribution in [-0.4, -0.2) is 43.7 Å². The number of carbonyl (C=O) groups is 1. The number of rotatable bonds is 14. The van der Waals surface area contributed by atoms with Gasteiger partial charge in [-0.1, -0.05) is 87.2 Å². The van der Waals surface area contributed by atoms with E-state index in [-0.39, 0.29) is 12.1 Å². The van der Waals surface area contributed by atoms with Gasteiger partial charge in [-0.25, -0.2) is 0 Å². The minimum atomic E-state index is -0.0897. The van der Waals surface area contributed by atoms with Crippen molar-refractivity contribution in [2.45, 2.75) is 83.3 Å². The van der Waals surface area contributed by atoms with E-state index in [2.05, 4.69) is 66.4 Å². The van der Waals surface area contributed by atoms with E-state index in [1.165, 1.54) is 56.0 Å². The highest BCUT2D eigenvalue weighted by Gasteiger charge is 2.24. The molecule has 0 spiro atoms. The zero-order valence-electron chi connectivity index (χ0n) is 21.2. The van der Waals surface area contributed by atoms with E-state index in [1.807, 2.05) is 0 Å². The Bertz CT molecular complexity index is 813. The summed E-state index contributed by atoms with van der Waals surface area (Å²) >= 11 is 0. The lowest BCUT2D eigenvalue weighted by Crippen LogP contribution is -2.38. The van der Waals surface area contributed by atoms with Crippen LogP contribution in [-0.2, 0) is 20.7 Å². The van der Waals surface area contributed by atoms with Gasteiger partial charge in [-0.3, -0.25) is 4.79 Å². The number of ether oxygens (including phenoxy) is 2. The standard InChI is InChI=1S/C30H43NO3/c1-3-12-25-16-18-27(19-17-25)30(26-13-8-7-9-14-26)34-28-20-23-31(24-21-28)22-11-6-4-5-10-15-29(32)33-2/h7-9,13-14,16-19,28,30H,3-6,10-12,15,20-24H2,1-2H3. The van der Waals surface area contributed by atoms with E-state index in [9.17, 15) is 4.79 Å². The number of likely N-dealkylation sites (tertiary alicyclic amines) is 1. The molecule has 1 saturated heterocycles. The van der Waals surface area contributed by atoms with Crippen LogP contribution in [0.1, 0.15) is 87.5 Å². The van der Waals surface area contributed by atoms with Crippen molar-refractivity contribution in [3.05, 3.63) is 71.3 Å². The Morgan fingerprint density at radius 2 is 1.56 bits per heavy atom. The van der Waals surface area contributed by atoms with Gasteiger partial charge in [0.25, 0.3) is 0 Å². The minimum absolute atomic E-state index is 0.00147. The monoisotopic (exact) mass is 465 g/mol. The second-order valence-corrected chi connectivity index (χ2v) is 9.55. The molecule has 1 unspecified atom stereocenters. The number of hydrogen-bond acceptors (Lipinski definition) is 4. The number of carbonyl (C=O) groups excluding carboxylic acids is 1. The molecule has 0 saturated carbocycles. The normalized spacial score (nSPS) is 15.8. The lowest BCUT2D eigenvalue weighted by Gasteiger charge is -2.34. The molecule has 1 heterocycles. The molecule has 0 bridgehead atoms. The Morgan fingerprint density at radius 1 is 0.912 bits per heavy atom. The highest BCUT2D eigenvalue weighted by Crippen LogP contribution is 2.30. The SMILES string of the molecule is CCCc1ccc(C(OC2CCN(CCCCCCCC(=O)OC)CC2)c2ccccc2)cc1. The third kappa shape index (κ3) is 8.88. The third-order valence-corrected chi connectivity index (χ3v) is 6.87. The van der Waals surface area contributed by atoms with Crippen molar-refractivity contribution in [1.82, 2.24) is 4.90 Å². The molecule has 2 aromatic carbocycles. The van der Waals surface area contributed by atoms with Crippen molar-refractivity contribution in [2.75, 3.05) is 26.7 Å². The summed E-state index contributed by atoms with van der Waals surface area (Å²) in [4.78, 5) is 13.7. The fourth-order valence-corrected chi connectivity index (χ4v) is 4.82. The summed E-state index contributed by atoms with van der Waals surface area (Å²) in [7, 11) is 1.46. The largest absolute Gasteiger partial charge is 0.469 e. The van der Waals surface area contributed by atoms with Crippen LogP contribution in [0.2, 0.25) is 0 Å². The summed E-state index contributed by atoms with van der Waals surface area (Å²) in [5, 5.41) is 0. The zero-order valence-corrected chi connectivity index (χ0v) is 21.2. The van der Waals surface area contributed by atoms with Crippen LogP contribution in [0, 0.1) is 0 Å². The van der Waals surface area contributed by atoms with E-state index in [0.29, 0.717) is 12.5 Å². The number of unbranched alkanes of at least 4 members (excludes halogenated alkanes) is 4. The number of hydrogen-bond donors (Lipinski definition) is 0. The first-order chi connectivity index (χ1) is 16.7. The molecular weight excluding hydrogens is 422 g/mol. The molecule has 34 heavy (non-hydrogen) atoms. The van der Waals surface area contributed by atoms with E-state index >= 15 is 0 Å². The molecule has 1 aliphatic rings. The summed E-state index contributed by atoms with van der Waals surface area (Å²) < 4.78 is 11.4. The van der Waals surface area contributed by atoms with Gasteiger partial charge in [0.1, 0.15) is 6.10 Å². The molecule has 2 aromatic rings. The maximum Gasteiger partial charge on any atom is 0.305 e. The molecule has 186 valence electrons. The van der Waals surface area contributed by atoms with Crippen molar-refractivity contribution in [1.29, 1.82) is 0 Å². The highest BCUT2D eigenvalue weighted by molar-refractivity contribution is 5.68. The Kier molecular flexibility index (Phi) is 11.6. The highest BCUT2D eigenvalue weighted by atomic mass is 16.5. The first-order valence-electron chi connectivity index (χ1n) is 13.3. The summed E-state index contributed by atoms with van der Waals surface area (Å²) in [6, 6.07) is 19.7. The molecule has 0 radical (unpaired) electrons. The Balaban J connectivity index is 1.43. The number of benzene rings is 2. The van der Waals surface area contributed by atoms with Crippen LogP contribution >= 0.6 is 0 Å². The molecule has 4 nitrogen and oxygen atoms in total. The van der Waals surface area contributed by atoms with Crippen molar-refractivity contribution >= 4 is 5.97 Å². The van der Waals surface area contributed by atoms with Crippen LogP contribution in [0.5, 0.6) is 0 Å². The Labute approximate surface area is 206 Å². The van der Waals surface area contributed by atoms with Crippen molar-refractivity contribution < 1.29 is 14.3 Å². The first kappa shape index (κ1) is 26.4. The van der Waals surface area contributed by atoms with Gasteiger partial charge in [-0.2, -0.15) is 0 Å². The summed E-state index contributed by atoms with van der Waals surface area (Å²) in [6.07, 6.45) is 11.1. The number of piperidine rings is 1. The van der Waals surface area contributed by atoms with Crippen LogP contribution in [0.25, 0.3) is 0 Å². The van der Waals surface area contributed by atoms with Gasteiger partial charge >= 0.3 is 5.97 Å². The van der Waals surface area contributed by atoms with Gasteiger partial charge in [-0.05, 0) is 55.3 Å². The Hall–Kier alpha value is -2.17. The molecule has 1 fully saturated rings. The molecule has 0 aliphatic carbocycles. The topological polar surface area (TPSA) is 38.8 Å². The van der Waals surface area contributed by atoms with E-state index in [1.54, 1.807) is 0 Å². The van der Waals surface area contributed by atoms with Crippen molar-refractivity contribution in [3.63, 3.8) is 0 Å². The molecule has 4 heteroatoms. The molecule has 0 N–H and O–H groups in total. The lowest BCUT2D eigenvalue weighted by molar-refractivity contribution is -0.140. The molecule has 0 amide bonds. The summed E-state index contributed by atoms with van der Waals surface area (Å²) in [5.74, 6) is -0.0897. The van der Waals surface area contributed by atoms with Gasteiger partial charge in [0.2, 0.25) is 0 Å². The van der Waals surface area contributed by atoms with Crippen molar-refractivity contribution in [3.8, 4) is 0 Å². The summed E-state index contributed by atoms with van der Waals surface area (Å²) in [6.45, 7) is 5.63. The second-order valence-electron chi connectivity index (χ2n) is 9.55. The molecule has 0 aromatic heterocycles. The smallest absolute Gasteiger partial charge is 0.305 e. The number of aryl methyl sites for hydroxylation is 1. The van der Waals surface area contributed by atoms with Crippen LogP contribution in [0.4, 0.5) is 0 Å². The average molecular weight is 466 g/mol. The predicted molar refractivity (Wildman–Crippen MR) is 139 cm³/mol. The Morgan fingerprint density at radius 3 is 2.24 bits per heavy atom. The maximum atomic E-state index is 11.2. The fourth-order valence-electron chi connectivity index (χ4n) is 4.82. The molecule has 3 rings (SSSR count). The van der Waals surface area contributed by atoms with Crippen LogP contribution < -0.4 is 0 Å². The van der Waals surface area contributed by atoms with Gasteiger partial charge in [0, 0.05) is 19.5 Å². The zero-order chi connectivity index (χ0) is 24.0. The van der Waals surface area contributed by atoms with Crippen molar-refractivity contribution in [2.24, 2.45) is 0 Å².